The van der Waals surface area contributed by atoms with Crippen LogP contribution >= 0.6 is 12.4 Å². The third-order valence-corrected chi connectivity index (χ3v) is 3.37. The number of hydrogen-bond donors (Lipinski definition) is 1. The lowest BCUT2D eigenvalue weighted by Crippen LogP contribution is -2.10. The number of rotatable bonds is 2. The van der Waals surface area contributed by atoms with Gasteiger partial charge >= 0.3 is 0 Å². The summed E-state index contributed by atoms with van der Waals surface area (Å²) in [5.74, 6) is 0. The highest BCUT2D eigenvalue weighted by Crippen LogP contribution is 2.32. The predicted octanol–water partition coefficient (Wildman–Crippen LogP) is 3.51. The number of halogens is 1. The molecule has 0 unspecified atom stereocenters. The molecule has 1 heterocycles. The molecule has 1 N–H and O–H groups in total. The van der Waals surface area contributed by atoms with E-state index in [1.807, 2.05) is 12.1 Å². The molecule has 18 heavy (non-hydrogen) atoms. The van der Waals surface area contributed by atoms with E-state index in [4.69, 9.17) is 9.82 Å². The first-order valence-corrected chi connectivity index (χ1v) is 6.09. The summed E-state index contributed by atoms with van der Waals surface area (Å²) in [4.78, 5) is 9.89. The molecule has 0 bridgehead atoms. The van der Waals surface area contributed by atoms with Gasteiger partial charge in [0.05, 0.1) is 18.3 Å². The van der Waals surface area contributed by atoms with E-state index in [0.717, 1.165) is 29.4 Å². The molecule has 1 aliphatic carbocycles. The quantitative estimate of drug-likeness (QED) is 0.843. The van der Waals surface area contributed by atoms with Crippen LogP contribution in [0.5, 0.6) is 0 Å². The summed E-state index contributed by atoms with van der Waals surface area (Å²) in [7, 11) is 1.66. The monoisotopic (exact) mass is 264 g/mol. The summed E-state index contributed by atoms with van der Waals surface area (Å²) in [5, 5.41) is 1.15. The Hall–Kier alpha value is -1.32. The number of pyridine rings is 1. The lowest BCUT2D eigenvalue weighted by atomic mass is 9.93. The van der Waals surface area contributed by atoms with Crippen molar-refractivity contribution < 1.29 is 4.84 Å². The van der Waals surface area contributed by atoms with Gasteiger partial charge in [-0.25, -0.2) is 0 Å². The van der Waals surface area contributed by atoms with Crippen LogP contribution in [0.1, 0.15) is 24.1 Å². The summed E-state index contributed by atoms with van der Waals surface area (Å²) in [6, 6.07) is 8.23. The van der Waals surface area contributed by atoms with Crippen LogP contribution in [0.4, 0.5) is 5.69 Å². The molecule has 0 spiro atoms. The Morgan fingerprint density at radius 2 is 1.94 bits per heavy atom. The third-order valence-electron chi connectivity index (χ3n) is 3.37. The van der Waals surface area contributed by atoms with Crippen molar-refractivity contribution in [1.29, 1.82) is 0 Å². The molecule has 1 aromatic carbocycles. The zero-order valence-corrected chi connectivity index (χ0v) is 11.2. The van der Waals surface area contributed by atoms with E-state index < -0.39 is 0 Å². The second kappa shape index (κ2) is 5.55. The van der Waals surface area contributed by atoms with Gasteiger partial charge in [-0.3, -0.25) is 15.3 Å². The van der Waals surface area contributed by atoms with Gasteiger partial charge in [-0.1, -0.05) is 18.2 Å². The number of benzene rings is 1. The van der Waals surface area contributed by atoms with Crippen molar-refractivity contribution in [2.75, 3.05) is 12.6 Å². The Morgan fingerprint density at radius 1 is 1.17 bits per heavy atom. The summed E-state index contributed by atoms with van der Waals surface area (Å²) in [6.45, 7) is 0. The second-order valence-corrected chi connectivity index (χ2v) is 4.44. The van der Waals surface area contributed by atoms with Gasteiger partial charge in [0.25, 0.3) is 0 Å². The van der Waals surface area contributed by atoms with Crippen LogP contribution < -0.4 is 5.48 Å². The predicted molar refractivity (Wildman–Crippen MR) is 76.3 cm³/mol. The van der Waals surface area contributed by atoms with E-state index in [-0.39, 0.29) is 12.4 Å². The van der Waals surface area contributed by atoms with Gasteiger partial charge in [0.15, 0.2) is 0 Å². The van der Waals surface area contributed by atoms with Gasteiger partial charge in [-0.15, -0.1) is 12.4 Å². The van der Waals surface area contributed by atoms with Crippen LogP contribution in [0.3, 0.4) is 0 Å². The number of nitrogens with one attached hydrogen (secondary N) is 1. The molecule has 0 fully saturated rings. The lowest BCUT2D eigenvalue weighted by molar-refractivity contribution is 0.271. The molecule has 96 valence electrons. The minimum atomic E-state index is 0. The molecule has 0 amide bonds. The molecule has 1 aliphatic rings. The molecule has 0 saturated heterocycles. The van der Waals surface area contributed by atoms with Crippen LogP contribution in [0.25, 0.3) is 10.9 Å². The minimum absolute atomic E-state index is 0. The molecule has 2 aromatic rings. The fraction of sp³-hybridized carbons (Fsp3) is 0.357. The standard InChI is InChI=1S/C14H16N2O.ClH/c1-17-16-14-10-6-2-4-8-12(10)15-13-9-5-3-7-11(13)14;/h2,4,6,8H,3,5,7,9H2,1H3,(H,15,16);1H. The molecule has 3 rings (SSSR count). The molecular formula is C14H17ClN2O. The van der Waals surface area contributed by atoms with Gasteiger partial charge in [0.2, 0.25) is 0 Å². The van der Waals surface area contributed by atoms with Gasteiger partial charge in [0, 0.05) is 11.1 Å². The van der Waals surface area contributed by atoms with E-state index in [2.05, 4.69) is 17.6 Å². The van der Waals surface area contributed by atoms with Gasteiger partial charge in [0.1, 0.15) is 0 Å². The summed E-state index contributed by atoms with van der Waals surface area (Å²) in [5.41, 5.74) is 7.75. The Labute approximate surface area is 113 Å². The smallest absolute Gasteiger partial charge is 0.0748 e. The Kier molecular flexibility index (Phi) is 4.04. The van der Waals surface area contributed by atoms with Gasteiger partial charge in [-0.2, -0.15) is 0 Å². The van der Waals surface area contributed by atoms with E-state index in [1.165, 1.54) is 24.1 Å². The molecule has 3 nitrogen and oxygen atoms in total. The van der Waals surface area contributed by atoms with Crippen LogP contribution in [0, 0.1) is 0 Å². The van der Waals surface area contributed by atoms with E-state index in [0.29, 0.717) is 0 Å². The van der Waals surface area contributed by atoms with E-state index in [9.17, 15) is 0 Å². The zero-order chi connectivity index (χ0) is 11.7. The maximum absolute atomic E-state index is 5.12. The molecule has 0 saturated carbocycles. The summed E-state index contributed by atoms with van der Waals surface area (Å²) in [6.07, 6.45) is 4.66. The topological polar surface area (TPSA) is 34.1 Å². The number of hydrogen-bond acceptors (Lipinski definition) is 3. The number of aromatic nitrogens is 1. The maximum Gasteiger partial charge on any atom is 0.0748 e. The van der Waals surface area contributed by atoms with Crippen LogP contribution in [0.2, 0.25) is 0 Å². The Balaban J connectivity index is 0.00000120. The summed E-state index contributed by atoms with van der Waals surface area (Å²) >= 11 is 0. The highest BCUT2D eigenvalue weighted by atomic mass is 35.5. The van der Waals surface area contributed by atoms with Crippen LogP contribution in [-0.2, 0) is 17.7 Å². The largest absolute Gasteiger partial charge is 0.279 e. The number of aryl methyl sites for hydroxylation is 1. The van der Waals surface area contributed by atoms with Crippen LogP contribution in [-0.4, -0.2) is 12.1 Å². The van der Waals surface area contributed by atoms with Gasteiger partial charge in [-0.05, 0) is 37.3 Å². The zero-order valence-electron chi connectivity index (χ0n) is 10.4. The number of nitrogens with zero attached hydrogens (tertiary/aromatic N) is 1. The fourth-order valence-corrected chi connectivity index (χ4v) is 2.59. The highest BCUT2D eigenvalue weighted by molar-refractivity contribution is 5.93. The number of para-hydroxylation sites is 1. The molecular weight excluding hydrogens is 248 g/mol. The van der Waals surface area contributed by atoms with Crippen molar-refractivity contribution in [3.05, 3.63) is 35.5 Å². The summed E-state index contributed by atoms with van der Waals surface area (Å²) < 4.78 is 0. The van der Waals surface area contributed by atoms with Crippen molar-refractivity contribution in [3.63, 3.8) is 0 Å². The van der Waals surface area contributed by atoms with Crippen molar-refractivity contribution in [2.45, 2.75) is 25.7 Å². The average molecular weight is 265 g/mol. The van der Waals surface area contributed by atoms with Crippen molar-refractivity contribution >= 4 is 29.0 Å². The third kappa shape index (κ3) is 2.16. The van der Waals surface area contributed by atoms with Crippen LogP contribution in [0.15, 0.2) is 24.3 Å². The number of anilines is 1. The first-order chi connectivity index (χ1) is 8.40. The minimum Gasteiger partial charge on any atom is -0.279 e. The average Bonchev–Trinajstić information content (AvgIpc) is 2.39. The van der Waals surface area contributed by atoms with E-state index in [1.54, 1.807) is 7.11 Å². The van der Waals surface area contributed by atoms with E-state index >= 15 is 0 Å². The first kappa shape index (κ1) is 13.1. The Morgan fingerprint density at radius 3 is 2.78 bits per heavy atom. The SMILES string of the molecule is CONc1c2c(nc3ccccc13)CCCC2.Cl. The lowest BCUT2D eigenvalue weighted by Gasteiger charge is -2.20. The first-order valence-electron chi connectivity index (χ1n) is 6.09. The molecule has 1 aromatic heterocycles. The number of fused-ring (bicyclic) bond motifs is 2. The van der Waals surface area contributed by atoms with Gasteiger partial charge < -0.3 is 0 Å². The molecule has 0 radical (unpaired) electrons. The molecule has 0 aliphatic heterocycles. The maximum atomic E-state index is 5.12. The van der Waals surface area contributed by atoms with Crippen molar-refractivity contribution in [1.82, 2.24) is 4.98 Å². The fourth-order valence-electron chi connectivity index (χ4n) is 2.59. The Bertz CT molecular complexity index is 557. The molecule has 4 heteroatoms. The second-order valence-electron chi connectivity index (χ2n) is 4.44. The van der Waals surface area contributed by atoms with Crippen molar-refractivity contribution in [3.8, 4) is 0 Å². The molecule has 0 atom stereocenters. The highest BCUT2D eigenvalue weighted by Gasteiger charge is 2.17. The normalized spacial score (nSPS) is 13.8. The van der Waals surface area contributed by atoms with Crippen molar-refractivity contribution in [2.24, 2.45) is 0 Å².